The highest BCUT2D eigenvalue weighted by atomic mass is 35.5. The van der Waals surface area contributed by atoms with E-state index in [-0.39, 0.29) is 11.5 Å². The van der Waals surface area contributed by atoms with Crippen LogP contribution in [0.5, 0.6) is 0 Å². The van der Waals surface area contributed by atoms with E-state index in [2.05, 4.69) is 10.7 Å². The predicted octanol–water partition coefficient (Wildman–Crippen LogP) is 4.02. The Hall–Kier alpha value is -3.75. The lowest BCUT2D eigenvalue weighted by Gasteiger charge is -2.24. The minimum atomic E-state index is -1.02. The maximum absolute atomic E-state index is 13.3. The van der Waals surface area contributed by atoms with Crippen LogP contribution < -0.4 is 15.6 Å². The van der Waals surface area contributed by atoms with Crippen molar-refractivity contribution in [2.45, 2.75) is 12.5 Å². The fourth-order valence-electron chi connectivity index (χ4n) is 3.40. The highest BCUT2D eigenvalue weighted by Crippen LogP contribution is 2.26. The van der Waals surface area contributed by atoms with Gasteiger partial charge in [0.25, 0.3) is 11.8 Å². The van der Waals surface area contributed by atoms with Gasteiger partial charge in [0.15, 0.2) is 0 Å². The van der Waals surface area contributed by atoms with Crippen LogP contribution >= 0.6 is 23.8 Å². The number of benzene rings is 3. The number of hydrazine groups is 1. The first kappa shape index (κ1) is 22.4. The summed E-state index contributed by atoms with van der Waals surface area (Å²) in [6.07, 6.45) is -0.222. The number of anilines is 2. The van der Waals surface area contributed by atoms with E-state index in [4.69, 9.17) is 23.8 Å². The molecule has 1 fully saturated rings. The third-order valence-electron chi connectivity index (χ3n) is 4.99. The van der Waals surface area contributed by atoms with Crippen LogP contribution in [0.15, 0.2) is 84.9 Å². The minimum absolute atomic E-state index is 0.0831. The Morgan fingerprint density at radius 2 is 1.52 bits per heavy atom. The number of nitrogens with one attached hydrogen (secondary N) is 2. The number of carbonyl (C=O) groups is 3. The molecule has 3 aromatic carbocycles. The van der Waals surface area contributed by atoms with E-state index in [1.807, 2.05) is 6.07 Å². The summed E-state index contributed by atoms with van der Waals surface area (Å²) in [5.41, 5.74) is 4.18. The van der Waals surface area contributed by atoms with Crippen molar-refractivity contribution in [2.75, 3.05) is 10.2 Å². The highest BCUT2D eigenvalue weighted by molar-refractivity contribution is 7.80. The summed E-state index contributed by atoms with van der Waals surface area (Å²) < 4.78 is 0. The van der Waals surface area contributed by atoms with Gasteiger partial charge in [-0.05, 0) is 60.7 Å². The molecule has 4 rings (SSSR count). The molecule has 1 saturated heterocycles. The molecule has 0 aromatic heterocycles. The average Bonchev–Trinajstić information content (AvgIpc) is 3.05. The third-order valence-corrected chi connectivity index (χ3v) is 5.62. The Kier molecular flexibility index (Phi) is 6.67. The van der Waals surface area contributed by atoms with Gasteiger partial charge < -0.3 is 5.32 Å². The lowest BCUT2D eigenvalue weighted by atomic mass is 10.1. The standard InChI is InChI=1S/C24H19ClN4O3S/c25-17-11-13-18(14-12-17)26-21(30)15-20-23(32)28(19-9-5-2-6-10-19)24(33)29(20)27-22(31)16-7-3-1-4-8-16/h1-14,20H,15H2,(H,26,30)(H,27,31). The molecule has 1 unspecified atom stereocenters. The fraction of sp³-hybridized carbons (Fsp3) is 0.0833. The molecular formula is C24H19ClN4O3S. The van der Waals surface area contributed by atoms with Crippen molar-refractivity contribution in [2.24, 2.45) is 0 Å². The van der Waals surface area contributed by atoms with Crippen LogP contribution in [0.4, 0.5) is 11.4 Å². The minimum Gasteiger partial charge on any atom is -0.326 e. The second-order valence-corrected chi connectivity index (χ2v) is 8.05. The Morgan fingerprint density at radius 1 is 0.909 bits per heavy atom. The largest absolute Gasteiger partial charge is 0.326 e. The highest BCUT2D eigenvalue weighted by Gasteiger charge is 2.45. The van der Waals surface area contributed by atoms with Gasteiger partial charge in [0.1, 0.15) is 6.04 Å². The van der Waals surface area contributed by atoms with Crippen molar-refractivity contribution in [3.63, 3.8) is 0 Å². The maximum atomic E-state index is 13.3. The number of nitrogens with zero attached hydrogens (tertiary/aromatic N) is 2. The first-order valence-corrected chi connectivity index (χ1v) is 10.9. The maximum Gasteiger partial charge on any atom is 0.269 e. The van der Waals surface area contributed by atoms with E-state index in [1.54, 1.807) is 78.9 Å². The molecule has 7 nitrogen and oxygen atoms in total. The molecule has 0 saturated carbocycles. The van der Waals surface area contributed by atoms with Gasteiger partial charge in [-0.3, -0.25) is 24.7 Å². The second kappa shape index (κ2) is 9.81. The average molecular weight is 479 g/mol. The zero-order valence-corrected chi connectivity index (χ0v) is 18.8. The van der Waals surface area contributed by atoms with Crippen molar-refractivity contribution in [1.82, 2.24) is 10.4 Å². The Balaban J connectivity index is 1.58. The van der Waals surface area contributed by atoms with E-state index in [9.17, 15) is 14.4 Å². The van der Waals surface area contributed by atoms with E-state index < -0.39 is 23.8 Å². The molecule has 33 heavy (non-hydrogen) atoms. The number of halogens is 1. The van der Waals surface area contributed by atoms with Gasteiger partial charge in [-0.25, -0.2) is 5.01 Å². The monoisotopic (exact) mass is 478 g/mol. The second-order valence-electron chi connectivity index (χ2n) is 7.24. The van der Waals surface area contributed by atoms with Crippen molar-refractivity contribution >= 4 is 58.0 Å². The fourth-order valence-corrected chi connectivity index (χ4v) is 3.89. The molecule has 9 heteroatoms. The quantitative estimate of drug-likeness (QED) is 0.523. The lowest BCUT2D eigenvalue weighted by molar-refractivity contribution is -0.124. The molecule has 3 amide bonds. The molecule has 1 heterocycles. The summed E-state index contributed by atoms with van der Waals surface area (Å²) >= 11 is 11.4. The van der Waals surface area contributed by atoms with Crippen LogP contribution in [0.2, 0.25) is 5.02 Å². The molecular weight excluding hydrogens is 460 g/mol. The normalized spacial score (nSPS) is 15.5. The first-order valence-electron chi connectivity index (χ1n) is 10.1. The van der Waals surface area contributed by atoms with Crippen molar-refractivity contribution < 1.29 is 14.4 Å². The number of para-hydroxylation sites is 1. The lowest BCUT2D eigenvalue weighted by Crippen LogP contribution is -2.49. The SMILES string of the molecule is O=C(CC1C(=O)N(c2ccccc2)C(=S)N1NC(=O)c1ccccc1)Nc1ccc(Cl)cc1. The van der Waals surface area contributed by atoms with Gasteiger partial charge in [0.2, 0.25) is 11.0 Å². The third kappa shape index (κ3) is 5.02. The first-order chi connectivity index (χ1) is 15.9. The summed E-state index contributed by atoms with van der Waals surface area (Å²) in [5.74, 6) is -1.26. The zero-order valence-electron chi connectivity index (χ0n) is 17.3. The van der Waals surface area contributed by atoms with Crippen LogP contribution in [-0.2, 0) is 9.59 Å². The summed E-state index contributed by atoms with van der Waals surface area (Å²) in [6, 6.07) is 23.0. The van der Waals surface area contributed by atoms with Gasteiger partial charge >= 0.3 is 0 Å². The summed E-state index contributed by atoms with van der Waals surface area (Å²) in [7, 11) is 0. The summed E-state index contributed by atoms with van der Waals surface area (Å²) in [5, 5.41) is 4.64. The van der Waals surface area contributed by atoms with Gasteiger partial charge in [-0.15, -0.1) is 0 Å². The molecule has 0 radical (unpaired) electrons. The summed E-state index contributed by atoms with van der Waals surface area (Å²) in [4.78, 5) is 40.2. The van der Waals surface area contributed by atoms with Crippen molar-refractivity contribution in [3.8, 4) is 0 Å². The number of thiocarbonyl (C=S) groups is 1. The number of hydrogen-bond donors (Lipinski definition) is 2. The van der Waals surface area contributed by atoms with E-state index in [1.165, 1.54) is 9.91 Å². The molecule has 1 aliphatic heterocycles. The number of rotatable bonds is 6. The van der Waals surface area contributed by atoms with Crippen molar-refractivity contribution in [1.29, 1.82) is 0 Å². The van der Waals surface area contributed by atoms with Crippen LogP contribution in [0.1, 0.15) is 16.8 Å². The van der Waals surface area contributed by atoms with E-state index in [0.29, 0.717) is 22.0 Å². The Bertz CT molecular complexity index is 1190. The Morgan fingerprint density at radius 3 is 2.15 bits per heavy atom. The van der Waals surface area contributed by atoms with E-state index in [0.717, 1.165) is 0 Å². The molecule has 3 aromatic rings. The smallest absolute Gasteiger partial charge is 0.269 e. The molecule has 1 aliphatic rings. The molecule has 166 valence electrons. The molecule has 0 bridgehead atoms. The molecule has 2 N–H and O–H groups in total. The van der Waals surface area contributed by atoms with Crippen LogP contribution in [0.3, 0.4) is 0 Å². The zero-order chi connectivity index (χ0) is 23.4. The van der Waals surface area contributed by atoms with Crippen molar-refractivity contribution in [3.05, 3.63) is 95.5 Å². The van der Waals surface area contributed by atoms with Gasteiger partial charge in [-0.1, -0.05) is 48.0 Å². The topological polar surface area (TPSA) is 81.8 Å². The summed E-state index contributed by atoms with van der Waals surface area (Å²) in [6.45, 7) is 0. The molecule has 0 aliphatic carbocycles. The predicted molar refractivity (Wildman–Crippen MR) is 131 cm³/mol. The Labute approximate surface area is 200 Å². The van der Waals surface area contributed by atoms with E-state index >= 15 is 0 Å². The number of carbonyl (C=O) groups excluding carboxylic acids is 3. The van der Waals surface area contributed by atoms with Gasteiger partial charge in [0.05, 0.1) is 12.1 Å². The van der Waals surface area contributed by atoms with Crippen LogP contribution in [0.25, 0.3) is 0 Å². The molecule has 0 spiro atoms. The van der Waals surface area contributed by atoms with Crippen LogP contribution in [0, 0.1) is 0 Å². The van der Waals surface area contributed by atoms with Gasteiger partial charge in [-0.2, -0.15) is 0 Å². The number of hydrogen-bond acceptors (Lipinski definition) is 4. The number of amides is 3. The molecule has 1 atom stereocenters. The van der Waals surface area contributed by atoms with Crippen LogP contribution in [-0.4, -0.2) is 33.9 Å². The van der Waals surface area contributed by atoms with Gasteiger partial charge in [0, 0.05) is 16.3 Å².